The van der Waals surface area contributed by atoms with Crippen molar-refractivity contribution in [3.63, 3.8) is 0 Å². The van der Waals surface area contributed by atoms with Crippen LogP contribution in [-0.4, -0.2) is 29.4 Å². The second-order valence-corrected chi connectivity index (χ2v) is 6.38. The van der Waals surface area contributed by atoms with Crippen molar-refractivity contribution in [2.45, 2.75) is 25.8 Å². The number of benzene rings is 2. The Morgan fingerprint density at radius 3 is 2.82 bits per heavy atom. The van der Waals surface area contributed by atoms with Crippen LogP contribution in [0.4, 0.5) is 0 Å². The lowest BCUT2D eigenvalue weighted by Gasteiger charge is -2.40. The molecular weight excluding hydrogens is 274 g/mol. The van der Waals surface area contributed by atoms with E-state index in [2.05, 4.69) is 30.1 Å². The number of hydrogen-bond acceptors (Lipinski definition) is 3. The van der Waals surface area contributed by atoms with Crippen molar-refractivity contribution in [3.8, 4) is 16.9 Å². The van der Waals surface area contributed by atoms with E-state index in [1.807, 2.05) is 6.07 Å². The molecule has 0 radical (unpaired) electrons. The number of ketones is 1. The fourth-order valence-electron chi connectivity index (χ4n) is 3.97. The number of phenolic OH excluding ortho intramolecular Hbond substituents is 1. The van der Waals surface area contributed by atoms with Crippen molar-refractivity contribution < 1.29 is 9.90 Å². The fourth-order valence-corrected chi connectivity index (χ4v) is 3.97. The third kappa shape index (κ3) is 1.75. The molecule has 0 bridgehead atoms. The molecule has 0 saturated carbocycles. The van der Waals surface area contributed by atoms with Crippen LogP contribution in [0.5, 0.6) is 5.75 Å². The number of fused-ring (bicyclic) bond motifs is 2. The molecule has 4 rings (SSSR count). The lowest BCUT2D eigenvalue weighted by molar-refractivity contribution is 0.101. The van der Waals surface area contributed by atoms with Crippen LogP contribution in [0.2, 0.25) is 0 Å². The minimum absolute atomic E-state index is 0.0932. The monoisotopic (exact) mass is 293 g/mol. The summed E-state index contributed by atoms with van der Waals surface area (Å²) in [5, 5.41) is 10.7. The van der Waals surface area contributed by atoms with E-state index in [1.54, 1.807) is 6.07 Å². The van der Waals surface area contributed by atoms with E-state index in [9.17, 15) is 9.90 Å². The maximum Gasteiger partial charge on any atom is 0.163 e. The fraction of sp³-hybridized carbons (Fsp3) is 0.316. The molecule has 3 nitrogen and oxygen atoms in total. The van der Waals surface area contributed by atoms with Gasteiger partial charge in [0, 0.05) is 18.2 Å². The van der Waals surface area contributed by atoms with Gasteiger partial charge in [0.25, 0.3) is 0 Å². The SMILES string of the molecule is CC(=O)c1ccc2c(c1O)-c1cccc3c1C(C2)N(C)CC3. The summed E-state index contributed by atoms with van der Waals surface area (Å²) in [6.45, 7) is 2.56. The molecule has 0 fully saturated rings. The average Bonchev–Trinajstić information content (AvgIpc) is 2.50. The maximum absolute atomic E-state index is 11.7. The summed E-state index contributed by atoms with van der Waals surface area (Å²) in [4.78, 5) is 14.1. The number of nitrogens with zero attached hydrogens (tertiary/aromatic N) is 1. The molecule has 1 aliphatic carbocycles. The van der Waals surface area contributed by atoms with Crippen LogP contribution in [0.15, 0.2) is 30.3 Å². The zero-order valence-corrected chi connectivity index (χ0v) is 12.9. The standard InChI is InChI=1S/C19H19NO2/c1-11(21)14-7-6-13-10-16-17-12(8-9-20(16)2)4-3-5-15(17)18(13)19(14)22/h3-7,16,22H,8-10H2,1-2H3. The third-order valence-corrected chi connectivity index (χ3v) is 5.12. The largest absolute Gasteiger partial charge is 0.507 e. The summed E-state index contributed by atoms with van der Waals surface area (Å²) in [6.07, 6.45) is 1.93. The Morgan fingerprint density at radius 2 is 2.05 bits per heavy atom. The second-order valence-electron chi connectivity index (χ2n) is 6.38. The summed E-state index contributed by atoms with van der Waals surface area (Å²) >= 11 is 0. The van der Waals surface area contributed by atoms with Crippen LogP contribution >= 0.6 is 0 Å². The van der Waals surface area contributed by atoms with E-state index >= 15 is 0 Å². The summed E-state index contributed by atoms with van der Waals surface area (Å²) in [7, 11) is 2.17. The Balaban J connectivity index is 2.03. The van der Waals surface area contributed by atoms with Crippen molar-refractivity contribution in [1.29, 1.82) is 0 Å². The van der Waals surface area contributed by atoms with Crippen molar-refractivity contribution in [2.75, 3.05) is 13.6 Å². The smallest absolute Gasteiger partial charge is 0.163 e. The third-order valence-electron chi connectivity index (χ3n) is 5.12. The van der Waals surface area contributed by atoms with Crippen LogP contribution in [0.1, 0.15) is 40.0 Å². The minimum atomic E-state index is -0.0932. The van der Waals surface area contributed by atoms with Crippen LogP contribution in [0.25, 0.3) is 11.1 Å². The molecule has 112 valence electrons. The van der Waals surface area contributed by atoms with E-state index in [0.29, 0.717) is 11.6 Å². The van der Waals surface area contributed by atoms with Gasteiger partial charge in [-0.15, -0.1) is 0 Å². The van der Waals surface area contributed by atoms with Crippen molar-refractivity contribution >= 4 is 5.78 Å². The molecular formula is C19H19NO2. The van der Waals surface area contributed by atoms with Crippen molar-refractivity contribution in [3.05, 3.63) is 52.6 Å². The Bertz CT molecular complexity index is 794. The molecule has 2 aliphatic rings. The number of likely N-dealkylation sites (N-methyl/N-ethyl adjacent to an activating group) is 1. The number of aromatic hydroxyl groups is 1. The summed E-state index contributed by atoms with van der Waals surface area (Å²) in [6, 6.07) is 10.5. The number of hydrogen-bond donors (Lipinski definition) is 1. The quantitative estimate of drug-likeness (QED) is 0.820. The molecule has 1 heterocycles. The van der Waals surface area contributed by atoms with E-state index in [0.717, 1.165) is 36.1 Å². The number of rotatable bonds is 1. The summed E-state index contributed by atoms with van der Waals surface area (Å²) in [5.74, 6) is 0.0504. The summed E-state index contributed by atoms with van der Waals surface area (Å²) in [5.41, 5.74) is 6.20. The lowest BCUT2D eigenvalue weighted by atomic mass is 9.76. The molecule has 1 N–H and O–H groups in total. The molecule has 1 aliphatic heterocycles. The van der Waals surface area contributed by atoms with Gasteiger partial charge in [-0.1, -0.05) is 24.3 Å². The Kier molecular flexibility index (Phi) is 2.88. The van der Waals surface area contributed by atoms with E-state index < -0.39 is 0 Å². The first kappa shape index (κ1) is 13.5. The number of carbonyl (C=O) groups is 1. The van der Waals surface area contributed by atoms with Gasteiger partial charge < -0.3 is 5.11 Å². The lowest BCUT2D eigenvalue weighted by Crippen LogP contribution is -2.35. The van der Waals surface area contributed by atoms with Gasteiger partial charge in [-0.2, -0.15) is 0 Å². The molecule has 0 spiro atoms. The molecule has 0 aromatic heterocycles. The topological polar surface area (TPSA) is 40.5 Å². The normalized spacial score (nSPS) is 19.5. The first-order valence-electron chi connectivity index (χ1n) is 7.76. The van der Waals surface area contributed by atoms with Crippen LogP contribution in [0, 0.1) is 0 Å². The highest BCUT2D eigenvalue weighted by Crippen LogP contribution is 2.48. The Hall–Kier alpha value is -2.13. The van der Waals surface area contributed by atoms with Gasteiger partial charge in [-0.05, 0) is 55.1 Å². The van der Waals surface area contributed by atoms with Crippen molar-refractivity contribution in [2.24, 2.45) is 0 Å². The molecule has 3 heteroatoms. The Morgan fingerprint density at radius 1 is 1.23 bits per heavy atom. The molecule has 22 heavy (non-hydrogen) atoms. The van der Waals surface area contributed by atoms with Gasteiger partial charge in [-0.3, -0.25) is 9.69 Å². The minimum Gasteiger partial charge on any atom is -0.507 e. The molecule has 1 unspecified atom stereocenters. The number of carbonyl (C=O) groups excluding carboxylic acids is 1. The van der Waals surface area contributed by atoms with E-state index in [1.165, 1.54) is 18.1 Å². The van der Waals surface area contributed by atoms with Crippen LogP contribution < -0.4 is 0 Å². The second kappa shape index (κ2) is 4.68. The van der Waals surface area contributed by atoms with E-state index in [4.69, 9.17) is 0 Å². The summed E-state index contributed by atoms with van der Waals surface area (Å²) < 4.78 is 0. The van der Waals surface area contributed by atoms with Crippen LogP contribution in [-0.2, 0) is 12.8 Å². The Labute approximate surface area is 130 Å². The predicted molar refractivity (Wildman–Crippen MR) is 86.3 cm³/mol. The first-order valence-corrected chi connectivity index (χ1v) is 7.76. The van der Waals surface area contributed by atoms with Gasteiger partial charge in [-0.25, -0.2) is 0 Å². The van der Waals surface area contributed by atoms with Gasteiger partial charge in [0.2, 0.25) is 0 Å². The molecule has 0 amide bonds. The van der Waals surface area contributed by atoms with Crippen LogP contribution in [0.3, 0.4) is 0 Å². The van der Waals surface area contributed by atoms with Crippen molar-refractivity contribution in [1.82, 2.24) is 4.90 Å². The number of Topliss-reactive ketones (excluding diaryl/α,β-unsaturated/α-hetero) is 1. The highest BCUT2D eigenvalue weighted by molar-refractivity contribution is 6.00. The highest BCUT2D eigenvalue weighted by atomic mass is 16.3. The highest BCUT2D eigenvalue weighted by Gasteiger charge is 2.34. The first-order chi connectivity index (χ1) is 10.6. The van der Waals surface area contributed by atoms with Gasteiger partial charge in [0.1, 0.15) is 5.75 Å². The van der Waals surface area contributed by atoms with Gasteiger partial charge >= 0.3 is 0 Å². The maximum atomic E-state index is 11.7. The molecule has 2 aromatic rings. The molecule has 2 aromatic carbocycles. The van der Waals surface area contributed by atoms with Gasteiger partial charge in [0.15, 0.2) is 5.78 Å². The van der Waals surface area contributed by atoms with Gasteiger partial charge in [0.05, 0.1) is 5.56 Å². The molecule has 0 saturated heterocycles. The zero-order valence-electron chi connectivity index (χ0n) is 12.9. The predicted octanol–water partition coefficient (Wildman–Crippen LogP) is 3.35. The van der Waals surface area contributed by atoms with E-state index in [-0.39, 0.29) is 11.5 Å². The number of phenols is 1. The zero-order chi connectivity index (χ0) is 15.4. The molecule has 1 atom stereocenters. The average molecular weight is 293 g/mol.